The summed E-state index contributed by atoms with van der Waals surface area (Å²) in [5.41, 5.74) is 0. The molecular weight excluding hydrogens is 296 g/mol. The largest absolute Gasteiger partial charge is 0.381 e. The Bertz CT molecular complexity index is 262. The molecule has 2 rings (SSSR count). The molecule has 0 saturated carbocycles. The summed E-state index contributed by atoms with van der Waals surface area (Å²) in [6.45, 7) is 21.3. The molecule has 0 aromatic rings. The van der Waals surface area contributed by atoms with Crippen LogP contribution in [0.5, 0.6) is 0 Å². The third kappa shape index (κ3) is 7.44. The Morgan fingerprint density at radius 1 is 0.625 bits per heavy atom. The fourth-order valence-corrected chi connectivity index (χ4v) is 3.75. The first-order valence-electron chi connectivity index (χ1n) is 10.4. The van der Waals surface area contributed by atoms with E-state index in [0.717, 1.165) is 55.3 Å². The quantitative estimate of drug-likeness (QED) is 0.620. The zero-order valence-corrected chi connectivity index (χ0v) is 17.7. The van der Waals surface area contributed by atoms with Gasteiger partial charge < -0.3 is 9.47 Å². The van der Waals surface area contributed by atoms with Crippen LogP contribution in [0.3, 0.4) is 0 Å². The summed E-state index contributed by atoms with van der Waals surface area (Å²) in [6.07, 6.45) is 4.43. The topological polar surface area (TPSA) is 18.5 Å². The first kappa shape index (κ1) is 22.0. The van der Waals surface area contributed by atoms with Crippen molar-refractivity contribution in [2.45, 2.75) is 80.8 Å². The first-order valence-corrected chi connectivity index (χ1v) is 10.4. The van der Waals surface area contributed by atoms with E-state index in [-0.39, 0.29) is 0 Å². The summed E-state index contributed by atoms with van der Waals surface area (Å²) in [7, 11) is 0. The molecule has 4 atom stereocenters. The highest BCUT2D eigenvalue weighted by molar-refractivity contribution is 4.76. The maximum atomic E-state index is 5.72. The molecule has 0 aromatic carbocycles. The van der Waals surface area contributed by atoms with Gasteiger partial charge in [-0.05, 0) is 60.7 Å². The summed E-state index contributed by atoms with van der Waals surface area (Å²) < 4.78 is 11.3. The van der Waals surface area contributed by atoms with Crippen molar-refractivity contribution in [1.29, 1.82) is 0 Å². The van der Waals surface area contributed by atoms with E-state index in [2.05, 4.69) is 55.4 Å². The molecule has 2 aliphatic heterocycles. The molecule has 0 amide bonds. The van der Waals surface area contributed by atoms with E-state index in [1.54, 1.807) is 0 Å². The van der Waals surface area contributed by atoms with Crippen LogP contribution in [0.15, 0.2) is 0 Å². The smallest absolute Gasteiger partial charge is 0.0600 e. The molecule has 24 heavy (non-hydrogen) atoms. The molecule has 2 aliphatic rings. The SMILES string of the molecule is CC(C)C1CCOC(C(C)C)C1.CC(C)C1COCC(C(C)C)C1. The number of ether oxygens (including phenoxy) is 2. The molecule has 2 heterocycles. The lowest BCUT2D eigenvalue weighted by atomic mass is 9.81. The van der Waals surface area contributed by atoms with Crippen LogP contribution >= 0.6 is 0 Å². The Balaban J connectivity index is 0.000000240. The summed E-state index contributed by atoms with van der Waals surface area (Å²) >= 11 is 0. The average Bonchev–Trinajstić information content (AvgIpc) is 2.55. The van der Waals surface area contributed by atoms with Gasteiger partial charge in [0.2, 0.25) is 0 Å². The predicted octanol–water partition coefficient (Wildman–Crippen LogP) is 6.04. The van der Waals surface area contributed by atoms with E-state index in [0.29, 0.717) is 12.0 Å². The van der Waals surface area contributed by atoms with Crippen LogP contribution < -0.4 is 0 Å². The van der Waals surface area contributed by atoms with Crippen LogP contribution in [-0.4, -0.2) is 25.9 Å². The van der Waals surface area contributed by atoms with Crippen LogP contribution in [-0.2, 0) is 9.47 Å². The van der Waals surface area contributed by atoms with Gasteiger partial charge in [0.25, 0.3) is 0 Å². The molecule has 0 radical (unpaired) electrons. The second-order valence-corrected chi connectivity index (χ2v) is 9.46. The van der Waals surface area contributed by atoms with Crippen molar-refractivity contribution >= 4 is 0 Å². The molecule has 4 unspecified atom stereocenters. The fraction of sp³-hybridized carbons (Fsp3) is 1.00. The molecule has 0 bridgehead atoms. The summed E-state index contributed by atoms with van der Waals surface area (Å²) in [6, 6.07) is 0. The normalized spacial score (nSPS) is 31.5. The summed E-state index contributed by atoms with van der Waals surface area (Å²) in [5, 5.41) is 0. The first-order chi connectivity index (χ1) is 11.2. The molecular formula is C22H44O2. The molecule has 0 spiro atoms. The van der Waals surface area contributed by atoms with Gasteiger partial charge in [0, 0.05) is 19.8 Å². The van der Waals surface area contributed by atoms with E-state index in [9.17, 15) is 0 Å². The lowest BCUT2D eigenvalue weighted by Gasteiger charge is -2.33. The predicted molar refractivity (Wildman–Crippen MR) is 104 cm³/mol. The van der Waals surface area contributed by atoms with Gasteiger partial charge in [0.15, 0.2) is 0 Å². The van der Waals surface area contributed by atoms with Crippen molar-refractivity contribution in [3.8, 4) is 0 Å². The lowest BCUT2D eigenvalue weighted by molar-refractivity contribution is -0.0426. The Kier molecular flexibility index (Phi) is 9.89. The Morgan fingerprint density at radius 2 is 1.12 bits per heavy atom. The Hall–Kier alpha value is -0.0800. The second-order valence-electron chi connectivity index (χ2n) is 9.46. The third-order valence-electron chi connectivity index (χ3n) is 6.20. The van der Waals surface area contributed by atoms with Gasteiger partial charge in [-0.15, -0.1) is 0 Å². The molecule has 144 valence electrons. The highest BCUT2D eigenvalue weighted by Crippen LogP contribution is 2.30. The molecule has 0 aromatic heterocycles. The molecule has 0 N–H and O–H groups in total. The molecule has 2 fully saturated rings. The monoisotopic (exact) mass is 340 g/mol. The number of rotatable bonds is 4. The number of hydrogen-bond acceptors (Lipinski definition) is 2. The van der Waals surface area contributed by atoms with Crippen molar-refractivity contribution in [3.05, 3.63) is 0 Å². The minimum atomic E-state index is 0.520. The van der Waals surface area contributed by atoms with Crippen molar-refractivity contribution in [3.63, 3.8) is 0 Å². The molecule has 0 aliphatic carbocycles. The highest BCUT2D eigenvalue weighted by atomic mass is 16.5. The van der Waals surface area contributed by atoms with Crippen molar-refractivity contribution in [1.82, 2.24) is 0 Å². The van der Waals surface area contributed by atoms with E-state index in [1.807, 2.05) is 0 Å². The second kappa shape index (κ2) is 10.8. The molecule has 2 saturated heterocycles. The van der Waals surface area contributed by atoms with Gasteiger partial charge in [-0.2, -0.15) is 0 Å². The van der Waals surface area contributed by atoms with Gasteiger partial charge in [-0.25, -0.2) is 0 Å². The van der Waals surface area contributed by atoms with E-state index in [1.165, 1.54) is 19.3 Å². The van der Waals surface area contributed by atoms with Gasteiger partial charge in [0.1, 0.15) is 0 Å². The minimum absolute atomic E-state index is 0.520. The fourth-order valence-electron chi connectivity index (χ4n) is 3.75. The van der Waals surface area contributed by atoms with Crippen LogP contribution in [0.2, 0.25) is 0 Å². The van der Waals surface area contributed by atoms with Crippen LogP contribution in [0.4, 0.5) is 0 Å². The zero-order valence-electron chi connectivity index (χ0n) is 17.7. The number of hydrogen-bond donors (Lipinski definition) is 0. The van der Waals surface area contributed by atoms with Crippen molar-refractivity contribution < 1.29 is 9.47 Å². The summed E-state index contributed by atoms with van der Waals surface area (Å²) in [4.78, 5) is 0. The summed E-state index contributed by atoms with van der Waals surface area (Å²) in [5.74, 6) is 5.57. The minimum Gasteiger partial charge on any atom is -0.381 e. The highest BCUT2D eigenvalue weighted by Gasteiger charge is 2.27. The van der Waals surface area contributed by atoms with E-state index >= 15 is 0 Å². The molecule has 2 heteroatoms. The Labute approximate surface area is 152 Å². The standard InChI is InChI=1S/2C11H22O/c1-8(2)10-5-11(9(3)4)7-12-6-10;1-8(2)10-5-6-12-11(7-10)9(3)4/h2*8-11H,5-7H2,1-4H3. The van der Waals surface area contributed by atoms with E-state index < -0.39 is 0 Å². The van der Waals surface area contributed by atoms with Gasteiger partial charge in [-0.3, -0.25) is 0 Å². The van der Waals surface area contributed by atoms with Gasteiger partial charge in [-0.1, -0.05) is 55.4 Å². The van der Waals surface area contributed by atoms with Crippen LogP contribution in [0, 0.1) is 41.4 Å². The van der Waals surface area contributed by atoms with Crippen LogP contribution in [0.1, 0.15) is 74.7 Å². The maximum absolute atomic E-state index is 5.72. The Morgan fingerprint density at radius 3 is 1.54 bits per heavy atom. The van der Waals surface area contributed by atoms with Crippen molar-refractivity contribution in [2.24, 2.45) is 41.4 Å². The van der Waals surface area contributed by atoms with Crippen LogP contribution in [0.25, 0.3) is 0 Å². The van der Waals surface area contributed by atoms with Gasteiger partial charge in [0.05, 0.1) is 6.10 Å². The van der Waals surface area contributed by atoms with Crippen molar-refractivity contribution in [2.75, 3.05) is 19.8 Å². The third-order valence-corrected chi connectivity index (χ3v) is 6.20. The lowest BCUT2D eigenvalue weighted by Crippen LogP contribution is -2.31. The zero-order chi connectivity index (χ0) is 18.3. The van der Waals surface area contributed by atoms with E-state index in [4.69, 9.17) is 9.47 Å². The van der Waals surface area contributed by atoms with Gasteiger partial charge >= 0.3 is 0 Å². The maximum Gasteiger partial charge on any atom is 0.0600 e. The average molecular weight is 341 g/mol. The molecule has 2 nitrogen and oxygen atoms in total.